The molecule has 78 valence electrons. The van der Waals surface area contributed by atoms with Crippen LogP contribution >= 0.6 is 0 Å². The smallest absolute Gasteiger partial charge is 0.331 e. The molecule has 15 heavy (non-hydrogen) atoms. The quantitative estimate of drug-likeness (QED) is 0.428. The van der Waals surface area contributed by atoms with Crippen molar-refractivity contribution >= 4 is 11.5 Å². The number of benzene rings is 1. The standard InChI is InChI=1S/C13H14O2/c1-4-11(9-13(14)15-3)12-7-5-10(2)6-8-12/h4-9H,1H2,2-3H3. The first-order valence-corrected chi connectivity index (χ1v) is 4.66. The molecule has 0 N–H and O–H groups in total. The highest BCUT2D eigenvalue weighted by atomic mass is 16.5. The van der Waals surface area contributed by atoms with Gasteiger partial charge < -0.3 is 4.74 Å². The van der Waals surface area contributed by atoms with E-state index in [9.17, 15) is 4.79 Å². The Bertz CT molecular complexity index is 386. The van der Waals surface area contributed by atoms with E-state index in [1.54, 1.807) is 6.08 Å². The summed E-state index contributed by atoms with van der Waals surface area (Å²) in [6, 6.07) is 7.88. The Balaban J connectivity index is 3.02. The predicted octanol–water partition coefficient (Wildman–Crippen LogP) is 2.74. The van der Waals surface area contributed by atoms with Crippen LogP contribution in [0.2, 0.25) is 0 Å². The largest absolute Gasteiger partial charge is 0.466 e. The van der Waals surface area contributed by atoms with Crippen LogP contribution in [0.1, 0.15) is 11.1 Å². The summed E-state index contributed by atoms with van der Waals surface area (Å²) in [6.07, 6.45) is 3.07. The van der Waals surface area contributed by atoms with Crippen molar-refractivity contribution in [2.45, 2.75) is 6.92 Å². The number of allylic oxidation sites excluding steroid dienone is 2. The van der Waals surface area contributed by atoms with Gasteiger partial charge in [-0.15, -0.1) is 0 Å². The van der Waals surface area contributed by atoms with E-state index in [1.165, 1.54) is 18.7 Å². The SMILES string of the molecule is C=CC(=CC(=O)OC)c1ccc(C)cc1. The number of carbonyl (C=O) groups excluding carboxylic acids is 1. The number of rotatable bonds is 3. The minimum Gasteiger partial charge on any atom is -0.466 e. The van der Waals surface area contributed by atoms with Gasteiger partial charge in [-0.1, -0.05) is 42.5 Å². The van der Waals surface area contributed by atoms with Crippen molar-refractivity contribution in [3.05, 3.63) is 54.1 Å². The highest BCUT2D eigenvalue weighted by molar-refractivity contribution is 5.93. The van der Waals surface area contributed by atoms with E-state index >= 15 is 0 Å². The first kappa shape index (κ1) is 11.2. The molecule has 0 saturated carbocycles. The zero-order valence-corrected chi connectivity index (χ0v) is 8.99. The number of ether oxygens (including phenoxy) is 1. The first-order chi connectivity index (χ1) is 7.17. The van der Waals surface area contributed by atoms with Crippen LogP contribution in [0.15, 0.2) is 43.0 Å². The second-order valence-corrected chi connectivity index (χ2v) is 3.19. The van der Waals surface area contributed by atoms with Gasteiger partial charge in [0.1, 0.15) is 0 Å². The van der Waals surface area contributed by atoms with E-state index < -0.39 is 0 Å². The maximum Gasteiger partial charge on any atom is 0.331 e. The summed E-state index contributed by atoms with van der Waals surface area (Å²) >= 11 is 0. The fraction of sp³-hybridized carbons (Fsp3) is 0.154. The van der Waals surface area contributed by atoms with Crippen molar-refractivity contribution in [3.63, 3.8) is 0 Å². The minimum atomic E-state index is -0.370. The van der Waals surface area contributed by atoms with Crippen LogP contribution in [-0.2, 0) is 9.53 Å². The Labute approximate surface area is 89.9 Å². The number of hydrogen-bond donors (Lipinski definition) is 0. The second kappa shape index (κ2) is 5.15. The molecule has 2 heteroatoms. The molecular formula is C13H14O2. The molecular weight excluding hydrogens is 188 g/mol. The van der Waals surface area contributed by atoms with Crippen LogP contribution in [0, 0.1) is 6.92 Å². The van der Waals surface area contributed by atoms with Crippen LogP contribution in [0.3, 0.4) is 0 Å². The maximum absolute atomic E-state index is 11.1. The Morgan fingerprint density at radius 1 is 1.33 bits per heavy atom. The Morgan fingerprint density at radius 2 is 1.93 bits per heavy atom. The lowest BCUT2D eigenvalue weighted by atomic mass is 10.0. The van der Waals surface area contributed by atoms with Gasteiger partial charge in [0.2, 0.25) is 0 Å². The summed E-state index contributed by atoms with van der Waals surface area (Å²) in [4.78, 5) is 11.1. The summed E-state index contributed by atoms with van der Waals surface area (Å²) in [5, 5.41) is 0. The third-order valence-corrected chi connectivity index (χ3v) is 2.08. The lowest BCUT2D eigenvalue weighted by Gasteiger charge is -2.02. The van der Waals surface area contributed by atoms with Crippen LogP contribution in [0.4, 0.5) is 0 Å². The summed E-state index contributed by atoms with van der Waals surface area (Å²) in [5.74, 6) is -0.370. The molecule has 0 aromatic heterocycles. The fourth-order valence-corrected chi connectivity index (χ4v) is 1.19. The van der Waals surface area contributed by atoms with Gasteiger partial charge in [-0.2, -0.15) is 0 Å². The van der Waals surface area contributed by atoms with Crippen molar-refractivity contribution in [3.8, 4) is 0 Å². The summed E-state index contributed by atoms with van der Waals surface area (Å²) in [7, 11) is 1.36. The molecule has 0 aliphatic heterocycles. The zero-order valence-electron chi connectivity index (χ0n) is 8.99. The van der Waals surface area contributed by atoms with E-state index in [-0.39, 0.29) is 5.97 Å². The third kappa shape index (κ3) is 3.09. The molecule has 1 aromatic carbocycles. The molecule has 0 atom stereocenters. The lowest BCUT2D eigenvalue weighted by Crippen LogP contribution is -1.96. The second-order valence-electron chi connectivity index (χ2n) is 3.19. The number of hydrogen-bond acceptors (Lipinski definition) is 2. The number of carbonyl (C=O) groups is 1. The number of aryl methyl sites for hydroxylation is 1. The van der Waals surface area contributed by atoms with Gasteiger partial charge in [0.25, 0.3) is 0 Å². The van der Waals surface area contributed by atoms with Crippen LogP contribution in [-0.4, -0.2) is 13.1 Å². The van der Waals surface area contributed by atoms with Crippen LogP contribution in [0.25, 0.3) is 5.57 Å². The third-order valence-electron chi connectivity index (χ3n) is 2.08. The molecule has 0 heterocycles. The van der Waals surface area contributed by atoms with Gasteiger partial charge >= 0.3 is 5.97 Å². The maximum atomic E-state index is 11.1. The average molecular weight is 202 g/mol. The molecule has 0 amide bonds. The summed E-state index contributed by atoms with van der Waals surface area (Å²) < 4.78 is 4.56. The summed E-state index contributed by atoms with van der Waals surface area (Å²) in [5.41, 5.74) is 2.91. The number of methoxy groups -OCH3 is 1. The lowest BCUT2D eigenvalue weighted by molar-refractivity contribution is -0.134. The van der Waals surface area contributed by atoms with E-state index in [4.69, 9.17) is 0 Å². The molecule has 0 spiro atoms. The van der Waals surface area contributed by atoms with E-state index in [1.807, 2.05) is 31.2 Å². The normalized spacial score (nSPS) is 10.9. The minimum absolute atomic E-state index is 0.370. The molecule has 1 aromatic rings. The highest BCUT2D eigenvalue weighted by Crippen LogP contribution is 2.16. The molecule has 0 unspecified atom stereocenters. The first-order valence-electron chi connectivity index (χ1n) is 4.66. The van der Waals surface area contributed by atoms with Gasteiger partial charge in [-0.05, 0) is 18.1 Å². The topological polar surface area (TPSA) is 26.3 Å². The fourth-order valence-electron chi connectivity index (χ4n) is 1.19. The van der Waals surface area contributed by atoms with Gasteiger partial charge in [-0.3, -0.25) is 0 Å². The van der Waals surface area contributed by atoms with Crippen LogP contribution < -0.4 is 0 Å². The molecule has 0 radical (unpaired) electrons. The number of esters is 1. The summed E-state index contributed by atoms with van der Waals surface area (Å²) in [6.45, 7) is 5.69. The van der Waals surface area contributed by atoms with E-state index in [0.29, 0.717) is 0 Å². The van der Waals surface area contributed by atoms with Crippen molar-refractivity contribution in [1.82, 2.24) is 0 Å². The molecule has 0 fully saturated rings. The molecule has 0 bridgehead atoms. The van der Waals surface area contributed by atoms with Gasteiger partial charge in [-0.25, -0.2) is 4.79 Å². The van der Waals surface area contributed by atoms with Gasteiger partial charge in [0, 0.05) is 6.08 Å². The van der Waals surface area contributed by atoms with Gasteiger partial charge in [0.05, 0.1) is 7.11 Å². The van der Waals surface area contributed by atoms with E-state index in [0.717, 1.165) is 11.1 Å². The Morgan fingerprint density at radius 3 is 2.40 bits per heavy atom. The van der Waals surface area contributed by atoms with E-state index in [2.05, 4.69) is 11.3 Å². The predicted molar refractivity (Wildman–Crippen MR) is 61.4 cm³/mol. The molecule has 2 nitrogen and oxygen atoms in total. The monoisotopic (exact) mass is 202 g/mol. The molecule has 0 aliphatic carbocycles. The van der Waals surface area contributed by atoms with Crippen molar-refractivity contribution < 1.29 is 9.53 Å². The zero-order chi connectivity index (χ0) is 11.3. The van der Waals surface area contributed by atoms with Crippen molar-refractivity contribution in [1.29, 1.82) is 0 Å². The molecule has 1 rings (SSSR count). The van der Waals surface area contributed by atoms with Crippen molar-refractivity contribution in [2.24, 2.45) is 0 Å². The van der Waals surface area contributed by atoms with Crippen molar-refractivity contribution in [2.75, 3.05) is 7.11 Å². The highest BCUT2D eigenvalue weighted by Gasteiger charge is 2.00. The molecule has 0 aliphatic rings. The average Bonchev–Trinajstić information content (AvgIpc) is 2.27. The van der Waals surface area contributed by atoms with Gasteiger partial charge in [0.15, 0.2) is 0 Å². The Hall–Kier alpha value is -1.83. The Kier molecular flexibility index (Phi) is 3.86. The van der Waals surface area contributed by atoms with Crippen LogP contribution in [0.5, 0.6) is 0 Å². The molecule has 0 saturated heterocycles.